The second-order valence-corrected chi connectivity index (χ2v) is 5.49. The second-order valence-electron chi connectivity index (χ2n) is 5.49. The van der Waals surface area contributed by atoms with Crippen LogP contribution in [0.3, 0.4) is 0 Å². The number of ether oxygens (including phenoxy) is 1. The van der Waals surface area contributed by atoms with Crippen molar-refractivity contribution in [2.75, 3.05) is 19.7 Å². The predicted molar refractivity (Wildman–Crippen MR) is 68.9 cm³/mol. The molecule has 19 heavy (non-hydrogen) atoms. The Kier molecular flexibility index (Phi) is 4.63. The Labute approximate surface area is 112 Å². The topological polar surface area (TPSA) is 87.7 Å². The summed E-state index contributed by atoms with van der Waals surface area (Å²) in [5.74, 6) is -0.810. The van der Waals surface area contributed by atoms with Crippen LogP contribution in [0.25, 0.3) is 0 Å². The van der Waals surface area contributed by atoms with E-state index >= 15 is 0 Å². The third-order valence-corrected chi connectivity index (χ3v) is 4.12. The van der Waals surface area contributed by atoms with Crippen molar-refractivity contribution in [3.63, 3.8) is 0 Å². The lowest BCUT2D eigenvalue weighted by atomic mass is 9.69. The summed E-state index contributed by atoms with van der Waals surface area (Å²) in [4.78, 5) is 22.8. The summed E-state index contributed by atoms with van der Waals surface area (Å²) in [6, 6.07) is -0.304. The van der Waals surface area contributed by atoms with Gasteiger partial charge in [-0.1, -0.05) is 6.42 Å². The Bertz CT molecular complexity index is 336. The van der Waals surface area contributed by atoms with Gasteiger partial charge in [0.05, 0.1) is 11.5 Å². The molecule has 1 saturated heterocycles. The number of hydrogen-bond donors (Lipinski definition) is 3. The average molecular weight is 270 g/mol. The summed E-state index contributed by atoms with van der Waals surface area (Å²) in [7, 11) is 0. The van der Waals surface area contributed by atoms with Crippen LogP contribution in [0, 0.1) is 5.41 Å². The van der Waals surface area contributed by atoms with Gasteiger partial charge in [0.2, 0.25) is 0 Å². The van der Waals surface area contributed by atoms with Gasteiger partial charge in [0, 0.05) is 19.7 Å². The van der Waals surface area contributed by atoms with Crippen molar-refractivity contribution in [3.05, 3.63) is 0 Å². The molecular weight excluding hydrogens is 248 g/mol. The molecule has 2 rings (SSSR count). The van der Waals surface area contributed by atoms with Crippen molar-refractivity contribution in [2.45, 2.75) is 44.6 Å². The lowest BCUT2D eigenvalue weighted by molar-refractivity contribution is -0.153. The monoisotopic (exact) mass is 270 g/mol. The van der Waals surface area contributed by atoms with E-state index < -0.39 is 11.4 Å². The summed E-state index contributed by atoms with van der Waals surface area (Å²) in [6.07, 6.45) is 5.50. The van der Waals surface area contributed by atoms with E-state index in [0.717, 1.165) is 32.3 Å². The van der Waals surface area contributed by atoms with Crippen molar-refractivity contribution in [1.29, 1.82) is 0 Å². The first-order chi connectivity index (χ1) is 9.12. The van der Waals surface area contributed by atoms with Gasteiger partial charge in [-0.15, -0.1) is 0 Å². The van der Waals surface area contributed by atoms with Gasteiger partial charge in [0.15, 0.2) is 0 Å². The number of rotatable bonds is 5. The molecule has 1 aliphatic carbocycles. The fourth-order valence-electron chi connectivity index (χ4n) is 2.56. The third kappa shape index (κ3) is 3.59. The molecule has 0 radical (unpaired) electrons. The maximum Gasteiger partial charge on any atom is 0.314 e. The summed E-state index contributed by atoms with van der Waals surface area (Å²) < 4.78 is 5.51. The number of carbonyl (C=O) groups excluding carboxylic acids is 1. The maximum atomic E-state index is 11.6. The molecule has 1 heterocycles. The molecule has 108 valence electrons. The van der Waals surface area contributed by atoms with E-state index in [9.17, 15) is 9.59 Å². The van der Waals surface area contributed by atoms with Crippen LogP contribution < -0.4 is 10.6 Å². The largest absolute Gasteiger partial charge is 0.481 e. The van der Waals surface area contributed by atoms with E-state index in [2.05, 4.69) is 10.6 Å². The minimum Gasteiger partial charge on any atom is -0.481 e. The SMILES string of the molecule is O=C(NCC1CCCCO1)NCC1(C(=O)O)CCC1. The summed E-state index contributed by atoms with van der Waals surface area (Å²) >= 11 is 0. The second kappa shape index (κ2) is 6.23. The van der Waals surface area contributed by atoms with Crippen LogP contribution >= 0.6 is 0 Å². The van der Waals surface area contributed by atoms with Crippen LogP contribution in [0.5, 0.6) is 0 Å². The molecule has 0 aromatic heterocycles. The minimum absolute atomic E-state index is 0.0941. The Balaban J connectivity index is 1.65. The number of nitrogens with one attached hydrogen (secondary N) is 2. The predicted octanol–water partition coefficient (Wildman–Crippen LogP) is 1.11. The molecule has 1 unspecified atom stereocenters. The van der Waals surface area contributed by atoms with E-state index in [-0.39, 0.29) is 18.7 Å². The van der Waals surface area contributed by atoms with Crippen LogP contribution in [0.4, 0.5) is 4.79 Å². The van der Waals surface area contributed by atoms with Gasteiger partial charge in [-0.25, -0.2) is 4.79 Å². The van der Waals surface area contributed by atoms with Gasteiger partial charge >= 0.3 is 12.0 Å². The molecule has 2 aliphatic rings. The number of amides is 2. The molecule has 1 atom stereocenters. The number of hydrogen-bond acceptors (Lipinski definition) is 3. The normalized spacial score (nSPS) is 25.2. The van der Waals surface area contributed by atoms with E-state index in [1.165, 1.54) is 0 Å². The molecule has 0 spiro atoms. The van der Waals surface area contributed by atoms with Crippen LogP contribution in [0.1, 0.15) is 38.5 Å². The quantitative estimate of drug-likeness (QED) is 0.698. The lowest BCUT2D eigenvalue weighted by Gasteiger charge is -2.37. The van der Waals surface area contributed by atoms with Gasteiger partial charge in [0.25, 0.3) is 0 Å². The molecule has 2 amide bonds. The summed E-state index contributed by atoms with van der Waals surface area (Å²) in [6.45, 7) is 1.46. The first kappa shape index (κ1) is 14.1. The van der Waals surface area contributed by atoms with E-state index in [1.54, 1.807) is 0 Å². The zero-order chi connectivity index (χ0) is 13.7. The maximum absolute atomic E-state index is 11.6. The van der Waals surface area contributed by atoms with Gasteiger partial charge in [-0.2, -0.15) is 0 Å². The molecule has 6 nitrogen and oxygen atoms in total. The molecule has 1 saturated carbocycles. The molecule has 6 heteroatoms. The minimum atomic E-state index is -0.810. The zero-order valence-corrected chi connectivity index (χ0v) is 11.1. The van der Waals surface area contributed by atoms with Crippen molar-refractivity contribution in [1.82, 2.24) is 10.6 Å². The smallest absolute Gasteiger partial charge is 0.314 e. The van der Waals surface area contributed by atoms with Gasteiger partial charge in [-0.3, -0.25) is 4.79 Å². The zero-order valence-electron chi connectivity index (χ0n) is 11.1. The average Bonchev–Trinajstić information content (AvgIpc) is 2.36. The summed E-state index contributed by atoms with van der Waals surface area (Å²) in [5, 5.41) is 14.5. The molecule has 0 bridgehead atoms. The molecular formula is C13H22N2O4. The highest BCUT2D eigenvalue weighted by atomic mass is 16.5. The van der Waals surface area contributed by atoms with Crippen molar-refractivity contribution < 1.29 is 19.4 Å². The van der Waals surface area contributed by atoms with Crippen LogP contribution in [-0.2, 0) is 9.53 Å². The fraction of sp³-hybridized carbons (Fsp3) is 0.846. The molecule has 3 N–H and O–H groups in total. The van der Waals surface area contributed by atoms with Crippen LogP contribution in [-0.4, -0.2) is 42.9 Å². The van der Waals surface area contributed by atoms with Gasteiger partial charge in [-0.05, 0) is 32.1 Å². The Morgan fingerprint density at radius 3 is 2.53 bits per heavy atom. The van der Waals surface area contributed by atoms with Crippen molar-refractivity contribution >= 4 is 12.0 Å². The summed E-state index contributed by atoms with van der Waals surface area (Å²) in [5.41, 5.74) is -0.737. The molecule has 0 aromatic carbocycles. The first-order valence-corrected chi connectivity index (χ1v) is 6.99. The highest BCUT2D eigenvalue weighted by Crippen LogP contribution is 2.40. The Hall–Kier alpha value is -1.30. The number of carboxylic acids is 1. The Morgan fingerprint density at radius 1 is 1.21 bits per heavy atom. The highest BCUT2D eigenvalue weighted by molar-refractivity contribution is 5.78. The lowest BCUT2D eigenvalue weighted by Crippen LogP contribution is -2.50. The van der Waals surface area contributed by atoms with Gasteiger partial charge < -0.3 is 20.5 Å². The van der Waals surface area contributed by atoms with Crippen LogP contribution in [0.2, 0.25) is 0 Å². The van der Waals surface area contributed by atoms with Crippen molar-refractivity contribution in [3.8, 4) is 0 Å². The number of carboxylic acid groups (broad SMARTS) is 1. The first-order valence-electron chi connectivity index (χ1n) is 6.99. The van der Waals surface area contributed by atoms with E-state index in [4.69, 9.17) is 9.84 Å². The number of carbonyl (C=O) groups is 2. The molecule has 2 fully saturated rings. The molecule has 1 aliphatic heterocycles. The van der Waals surface area contributed by atoms with E-state index in [0.29, 0.717) is 19.4 Å². The van der Waals surface area contributed by atoms with Crippen molar-refractivity contribution in [2.24, 2.45) is 5.41 Å². The number of aliphatic carboxylic acids is 1. The highest BCUT2D eigenvalue weighted by Gasteiger charge is 2.44. The van der Waals surface area contributed by atoms with Crippen LogP contribution in [0.15, 0.2) is 0 Å². The Morgan fingerprint density at radius 2 is 2.00 bits per heavy atom. The van der Waals surface area contributed by atoms with E-state index in [1.807, 2.05) is 0 Å². The fourth-order valence-corrected chi connectivity index (χ4v) is 2.56. The molecule has 0 aromatic rings. The number of urea groups is 1. The van der Waals surface area contributed by atoms with Gasteiger partial charge in [0.1, 0.15) is 0 Å². The standard InChI is InChI=1S/C13H22N2O4/c16-11(17)13(5-3-6-13)9-15-12(18)14-8-10-4-1-2-7-19-10/h10H,1-9H2,(H,16,17)(H2,14,15,18). The third-order valence-electron chi connectivity index (χ3n) is 4.12.